The number of esters is 2. The third-order valence-electron chi connectivity index (χ3n) is 10.3. The molecule has 0 aliphatic rings. The molecule has 62 heavy (non-hydrogen) atoms. The van der Waals surface area contributed by atoms with Gasteiger partial charge in [0.05, 0.1) is 34.4 Å². The fraction of sp³-hybridized carbons (Fsp3) is 0.648. The van der Waals surface area contributed by atoms with E-state index in [4.69, 9.17) is 14.2 Å². The third-order valence-corrected chi connectivity index (χ3v) is 10.3. The molecule has 0 saturated heterocycles. The average molecular weight is 865 g/mol. The number of hydrogen-bond donors (Lipinski definition) is 1. The fourth-order valence-corrected chi connectivity index (χ4v) is 6.53. The van der Waals surface area contributed by atoms with Gasteiger partial charge in [0.1, 0.15) is 6.61 Å². The van der Waals surface area contributed by atoms with E-state index in [9.17, 15) is 19.5 Å². The van der Waals surface area contributed by atoms with Gasteiger partial charge in [0.2, 0.25) is 0 Å². The maximum atomic E-state index is 12.8. The van der Waals surface area contributed by atoms with Gasteiger partial charge in [0.15, 0.2) is 12.1 Å². The molecule has 0 aliphatic heterocycles. The molecule has 0 aromatic rings. The Morgan fingerprint density at radius 2 is 0.968 bits per heavy atom. The van der Waals surface area contributed by atoms with E-state index in [1.165, 1.54) is 32.1 Å². The number of aliphatic carboxylic acids is 1. The zero-order valence-corrected chi connectivity index (χ0v) is 40.0. The number of hydrogen-bond acceptors (Lipinski definition) is 6. The van der Waals surface area contributed by atoms with Gasteiger partial charge in [-0.15, -0.1) is 0 Å². The molecule has 0 heterocycles. The van der Waals surface area contributed by atoms with Gasteiger partial charge < -0.3 is 23.8 Å². The summed E-state index contributed by atoms with van der Waals surface area (Å²) < 4.78 is 17.3. The predicted octanol–water partition coefficient (Wildman–Crippen LogP) is 13.9. The molecule has 2 unspecified atom stereocenters. The summed E-state index contributed by atoms with van der Waals surface area (Å²) in [6, 6.07) is -0.629. The van der Waals surface area contributed by atoms with Crippen molar-refractivity contribution < 1.29 is 38.2 Å². The smallest absolute Gasteiger partial charge is 0.362 e. The Labute approximate surface area is 379 Å². The van der Waals surface area contributed by atoms with Crippen LogP contribution in [0.5, 0.6) is 0 Å². The molecule has 352 valence electrons. The van der Waals surface area contributed by atoms with Crippen LogP contribution in [0.4, 0.5) is 0 Å². The molecule has 1 N–H and O–H groups in total. The average Bonchev–Trinajstić information content (AvgIpc) is 3.23. The lowest BCUT2D eigenvalue weighted by Gasteiger charge is -2.31. The van der Waals surface area contributed by atoms with Crippen molar-refractivity contribution in [3.63, 3.8) is 0 Å². The quantitative estimate of drug-likeness (QED) is 0.0214. The first-order valence-electron chi connectivity index (χ1n) is 24.3. The second-order valence-electron chi connectivity index (χ2n) is 17.0. The number of unbranched alkanes of at least 4 members (excludes halogenated alkanes) is 14. The standard InChI is InChI=1S/C54H89NO7/c1-6-8-10-12-14-16-18-20-22-24-26-27-29-31-33-35-37-39-41-43-45-53(57)62-50(48-60-47-46-51(54(58)59)55(3,4)5)49-61-52(56)44-42-40-38-36-34-32-30-28-25-23-21-19-17-15-13-11-9-7-2/h8,10,14,16,19-23,25-28,30-31,33,50-51H,6-7,9,11-13,15,17-18,24,29,32,34-49H2,1-5H3/p+1/b10-8+,16-14+,21-19+,22-20+,25-23+,27-26+,30-28+,33-31+. The van der Waals surface area contributed by atoms with Crippen LogP contribution in [0.3, 0.4) is 0 Å². The van der Waals surface area contributed by atoms with Crippen molar-refractivity contribution in [1.29, 1.82) is 0 Å². The molecular formula is C54H90NO7+. The Hall–Kier alpha value is -3.75. The first-order valence-corrected chi connectivity index (χ1v) is 24.3. The van der Waals surface area contributed by atoms with Crippen molar-refractivity contribution in [3.05, 3.63) is 97.2 Å². The maximum absolute atomic E-state index is 12.8. The SMILES string of the molecule is CC/C=C/C/C=C/C/C=C/C/C=C/C/C=C/CCCCCCC(=O)OC(COCCC(C(=O)O)[N+](C)(C)C)COC(=O)CCCCCCC/C=C/C=C/C=C/CCCCCCC. The van der Waals surface area contributed by atoms with Gasteiger partial charge in [0, 0.05) is 19.3 Å². The Kier molecular flexibility index (Phi) is 41.2. The van der Waals surface area contributed by atoms with E-state index in [1.54, 1.807) is 0 Å². The first-order chi connectivity index (χ1) is 30.1. The molecule has 0 fully saturated rings. The zero-order chi connectivity index (χ0) is 45.6. The Bertz CT molecular complexity index is 1330. The molecule has 0 aromatic carbocycles. The number of carbonyl (C=O) groups excluding carboxylic acids is 2. The summed E-state index contributed by atoms with van der Waals surface area (Å²) in [5.41, 5.74) is 0. The first kappa shape index (κ1) is 58.2. The maximum Gasteiger partial charge on any atom is 0.362 e. The van der Waals surface area contributed by atoms with Crippen LogP contribution >= 0.6 is 0 Å². The van der Waals surface area contributed by atoms with Crippen LogP contribution in [-0.4, -0.2) is 80.6 Å². The predicted molar refractivity (Wildman–Crippen MR) is 261 cm³/mol. The van der Waals surface area contributed by atoms with E-state index in [0.717, 1.165) is 109 Å². The summed E-state index contributed by atoms with van der Waals surface area (Å²) in [6.07, 6.45) is 58.8. The minimum absolute atomic E-state index is 0.0376. The Morgan fingerprint density at radius 1 is 0.516 bits per heavy atom. The van der Waals surface area contributed by atoms with Crippen LogP contribution in [0.1, 0.15) is 174 Å². The second-order valence-corrected chi connectivity index (χ2v) is 17.0. The van der Waals surface area contributed by atoms with Gasteiger partial charge in [-0.25, -0.2) is 4.79 Å². The van der Waals surface area contributed by atoms with Gasteiger partial charge >= 0.3 is 17.9 Å². The molecule has 8 nitrogen and oxygen atoms in total. The summed E-state index contributed by atoms with van der Waals surface area (Å²) >= 11 is 0. The number of rotatable bonds is 42. The normalized spacial score (nSPS) is 13.8. The summed E-state index contributed by atoms with van der Waals surface area (Å²) in [5.74, 6) is -1.54. The number of carboxylic acid groups (broad SMARTS) is 1. The van der Waals surface area contributed by atoms with E-state index in [0.29, 0.717) is 12.8 Å². The minimum Gasteiger partial charge on any atom is -0.477 e. The van der Waals surface area contributed by atoms with Gasteiger partial charge in [-0.1, -0.05) is 169 Å². The molecule has 0 aromatic heterocycles. The second kappa shape index (κ2) is 43.9. The van der Waals surface area contributed by atoms with Gasteiger partial charge in [0.25, 0.3) is 0 Å². The summed E-state index contributed by atoms with van der Waals surface area (Å²) in [6.45, 7) is 4.54. The van der Waals surface area contributed by atoms with Crippen molar-refractivity contribution in [2.24, 2.45) is 0 Å². The van der Waals surface area contributed by atoms with Crippen LogP contribution < -0.4 is 0 Å². The van der Waals surface area contributed by atoms with E-state index < -0.39 is 18.1 Å². The molecule has 0 saturated carbocycles. The van der Waals surface area contributed by atoms with Crippen LogP contribution in [-0.2, 0) is 28.6 Å². The lowest BCUT2D eigenvalue weighted by atomic mass is 10.1. The van der Waals surface area contributed by atoms with Crippen LogP contribution in [0.25, 0.3) is 0 Å². The van der Waals surface area contributed by atoms with Crippen LogP contribution in [0, 0.1) is 0 Å². The highest BCUT2D eigenvalue weighted by atomic mass is 16.6. The van der Waals surface area contributed by atoms with Gasteiger partial charge in [-0.2, -0.15) is 0 Å². The molecule has 0 amide bonds. The highest BCUT2D eigenvalue weighted by molar-refractivity contribution is 5.72. The number of carboxylic acids is 1. The number of ether oxygens (including phenoxy) is 3. The molecule has 0 rings (SSSR count). The van der Waals surface area contributed by atoms with Crippen molar-refractivity contribution in [2.45, 2.75) is 187 Å². The third kappa shape index (κ3) is 41.6. The van der Waals surface area contributed by atoms with E-state index >= 15 is 0 Å². The number of likely N-dealkylation sites (N-methyl/N-ethyl adjacent to an activating group) is 1. The van der Waals surface area contributed by atoms with Gasteiger partial charge in [-0.3, -0.25) is 9.59 Å². The monoisotopic (exact) mass is 865 g/mol. The summed E-state index contributed by atoms with van der Waals surface area (Å²) in [5, 5.41) is 9.64. The fourth-order valence-electron chi connectivity index (χ4n) is 6.53. The topological polar surface area (TPSA) is 99.1 Å². The molecule has 2 atom stereocenters. The Morgan fingerprint density at radius 3 is 1.47 bits per heavy atom. The van der Waals surface area contributed by atoms with Crippen molar-refractivity contribution in [2.75, 3.05) is 41.0 Å². The molecule has 0 aliphatic carbocycles. The van der Waals surface area contributed by atoms with E-state index in [1.807, 2.05) is 21.1 Å². The highest BCUT2D eigenvalue weighted by Gasteiger charge is 2.31. The van der Waals surface area contributed by atoms with Crippen LogP contribution in [0.15, 0.2) is 97.2 Å². The van der Waals surface area contributed by atoms with Crippen molar-refractivity contribution >= 4 is 17.9 Å². The highest BCUT2D eigenvalue weighted by Crippen LogP contribution is 2.13. The summed E-state index contributed by atoms with van der Waals surface area (Å²) in [4.78, 5) is 37.1. The zero-order valence-electron chi connectivity index (χ0n) is 40.0. The van der Waals surface area contributed by atoms with Gasteiger partial charge in [-0.05, 0) is 83.5 Å². The molecule has 0 radical (unpaired) electrons. The van der Waals surface area contributed by atoms with E-state index in [2.05, 4.69) is 111 Å². The van der Waals surface area contributed by atoms with E-state index in [-0.39, 0.29) is 42.7 Å². The lowest BCUT2D eigenvalue weighted by molar-refractivity contribution is -0.887. The van der Waals surface area contributed by atoms with Crippen molar-refractivity contribution in [1.82, 2.24) is 0 Å². The summed E-state index contributed by atoms with van der Waals surface area (Å²) in [7, 11) is 5.50. The number of nitrogens with zero attached hydrogens (tertiary/aromatic N) is 1. The largest absolute Gasteiger partial charge is 0.477 e. The number of allylic oxidation sites excluding steroid dienone is 16. The Balaban J connectivity index is 4.41. The van der Waals surface area contributed by atoms with Crippen LogP contribution in [0.2, 0.25) is 0 Å². The molecular weight excluding hydrogens is 775 g/mol. The molecule has 0 spiro atoms. The molecule has 0 bridgehead atoms. The van der Waals surface area contributed by atoms with Crippen molar-refractivity contribution in [3.8, 4) is 0 Å². The number of quaternary nitrogens is 1. The minimum atomic E-state index is -0.887. The number of carbonyl (C=O) groups is 3. The molecule has 8 heteroatoms. The lowest BCUT2D eigenvalue weighted by Crippen LogP contribution is -2.50.